The second kappa shape index (κ2) is 8.45. The maximum Gasteiger partial charge on any atom is 0.237 e. The Balaban J connectivity index is 2.41. The lowest BCUT2D eigenvalue weighted by Gasteiger charge is -2.28. The maximum absolute atomic E-state index is 12.1. The van der Waals surface area contributed by atoms with E-state index in [0.29, 0.717) is 25.7 Å². The molecule has 106 valence electrons. The first-order chi connectivity index (χ1) is 8.69. The van der Waals surface area contributed by atoms with Crippen LogP contribution in [0.4, 0.5) is 0 Å². The van der Waals surface area contributed by atoms with E-state index in [1.165, 1.54) is 12.8 Å². The third-order valence-electron chi connectivity index (χ3n) is 3.60. The van der Waals surface area contributed by atoms with Crippen LogP contribution in [0.3, 0.4) is 0 Å². The molecule has 0 heterocycles. The summed E-state index contributed by atoms with van der Waals surface area (Å²) in [6.45, 7) is 3.68. The lowest BCUT2D eigenvalue weighted by Crippen LogP contribution is -2.49. The second-order valence-electron chi connectivity index (χ2n) is 4.92. The zero-order chi connectivity index (χ0) is 13.4. The zero-order valence-corrected chi connectivity index (χ0v) is 11.5. The zero-order valence-electron chi connectivity index (χ0n) is 11.5. The minimum Gasteiger partial charge on any atom is -0.395 e. The van der Waals surface area contributed by atoms with Crippen molar-refractivity contribution in [2.75, 3.05) is 33.4 Å². The summed E-state index contributed by atoms with van der Waals surface area (Å²) in [5.74, 6) is 0.0615. The first-order valence-corrected chi connectivity index (χ1v) is 6.83. The van der Waals surface area contributed by atoms with E-state index in [4.69, 9.17) is 9.84 Å². The Morgan fingerprint density at radius 3 is 2.67 bits per heavy atom. The fraction of sp³-hybridized carbons (Fsp3) is 0.923. The predicted octanol–water partition coefficient (Wildman–Crippen LogP) is 0.374. The van der Waals surface area contributed by atoms with Crippen molar-refractivity contribution in [2.24, 2.45) is 0 Å². The van der Waals surface area contributed by atoms with Gasteiger partial charge in [-0.15, -0.1) is 0 Å². The van der Waals surface area contributed by atoms with Gasteiger partial charge < -0.3 is 15.2 Å². The molecule has 0 aromatic rings. The van der Waals surface area contributed by atoms with Crippen LogP contribution in [-0.4, -0.2) is 61.4 Å². The highest BCUT2D eigenvalue weighted by Crippen LogP contribution is 2.17. The van der Waals surface area contributed by atoms with Gasteiger partial charge in [-0.25, -0.2) is 0 Å². The number of nitrogens with zero attached hydrogens (tertiary/aromatic N) is 1. The summed E-state index contributed by atoms with van der Waals surface area (Å²) >= 11 is 0. The first kappa shape index (κ1) is 15.4. The fourth-order valence-corrected chi connectivity index (χ4v) is 2.39. The topological polar surface area (TPSA) is 61.8 Å². The average Bonchev–Trinajstić information content (AvgIpc) is 2.86. The van der Waals surface area contributed by atoms with E-state index in [1.807, 2.05) is 11.8 Å². The molecule has 0 aromatic heterocycles. The fourth-order valence-electron chi connectivity index (χ4n) is 2.39. The number of carbonyl (C=O) groups excluding carboxylic acids is 1. The number of aliphatic hydroxyl groups excluding tert-OH is 1. The van der Waals surface area contributed by atoms with Gasteiger partial charge >= 0.3 is 0 Å². The van der Waals surface area contributed by atoms with E-state index in [-0.39, 0.29) is 18.6 Å². The molecule has 1 unspecified atom stereocenters. The highest BCUT2D eigenvalue weighted by Gasteiger charge is 2.24. The quantitative estimate of drug-likeness (QED) is 0.660. The summed E-state index contributed by atoms with van der Waals surface area (Å²) in [6, 6.07) is 0.131. The summed E-state index contributed by atoms with van der Waals surface area (Å²) in [4.78, 5) is 14.1. The maximum atomic E-state index is 12.1. The van der Waals surface area contributed by atoms with E-state index in [0.717, 1.165) is 12.8 Å². The molecule has 2 N–H and O–H groups in total. The molecule has 1 saturated carbocycles. The number of carbonyl (C=O) groups is 1. The van der Waals surface area contributed by atoms with Gasteiger partial charge in [-0.2, -0.15) is 0 Å². The molecule has 0 aliphatic heterocycles. The van der Waals surface area contributed by atoms with Gasteiger partial charge in [0.25, 0.3) is 0 Å². The van der Waals surface area contributed by atoms with Crippen molar-refractivity contribution >= 4 is 5.91 Å². The molecule has 0 radical (unpaired) electrons. The minimum absolute atomic E-state index is 0.0603. The van der Waals surface area contributed by atoms with Crippen LogP contribution in [0.15, 0.2) is 0 Å². The van der Waals surface area contributed by atoms with E-state index in [1.54, 1.807) is 7.11 Å². The normalized spacial score (nSPS) is 18.2. The van der Waals surface area contributed by atoms with E-state index in [9.17, 15) is 4.79 Å². The number of rotatable bonds is 8. The van der Waals surface area contributed by atoms with Crippen LogP contribution in [0.2, 0.25) is 0 Å². The summed E-state index contributed by atoms with van der Waals surface area (Å²) < 4.78 is 5.03. The van der Waals surface area contributed by atoms with Crippen LogP contribution in [0.5, 0.6) is 0 Å². The van der Waals surface area contributed by atoms with Gasteiger partial charge in [0.2, 0.25) is 5.91 Å². The summed E-state index contributed by atoms with van der Waals surface area (Å²) in [5, 5.41) is 12.1. The molecule has 18 heavy (non-hydrogen) atoms. The number of nitrogens with one attached hydrogen (secondary N) is 1. The number of ether oxygens (including phenoxy) is 1. The van der Waals surface area contributed by atoms with Crippen LogP contribution in [-0.2, 0) is 9.53 Å². The molecule has 5 nitrogen and oxygen atoms in total. The number of hydrogen-bond acceptors (Lipinski definition) is 4. The lowest BCUT2D eigenvalue weighted by atomic mass is 10.2. The molecule has 1 aliphatic carbocycles. The SMILES string of the molecule is COCCN(CCO)C(C)C(=O)NC1CCCC1. The molecule has 1 aliphatic rings. The number of aliphatic hydroxyl groups is 1. The van der Waals surface area contributed by atoms with Gasteiger partial charge in [-0.1, -0.05) is 12.8 Å². The predicted molar refractivity (Wildman–Crippen MR) is 70.4 cm³/mol. The van der Waals surface area contributed by atoms with Crippen molar-refractivity contribution in [1.29, 1.82) is 0 Å². The molecular formula is C13H26N2O3. The average molecular weight is 258 g/mol. The lowest BCUT2D eigenvalue weighted by molar-refractivity contribution is -0.127. The number of amides is 1. The summed E-state index contributed by atoms with van der Waals surface area (Å²) in [6.07, 6.45) is 4.61. The van der Waals surface area contributed by atoms with E-state index >= 15 is 0 Å². The Morgan fingerprint density at radius 1 is 1.44 bits per heavy atom. The Morgan fingerprint density at radius 2 is 2.11 bits per heavy atom. The minimum atomic E-state index is -0.215. The molecule has 0 bridgehead atoms. The van der Waals surface area contributed by atoms with Gasteiger partial charge in [0, 0.05) is 26.2 Å². The molecular weight excluding hydrogens is 232 g/mol. The largest absolute Gasteiger partial charge is 0.395 e. The molecule has 1 amide bonds. The van der Waals surface area contributed by atoms with Crippen molar-refractivity contribution in [3.63, 3.8) is 0 Å². The van der Waals surface area contributed by atoms with Crippen LogP contribution in [0.25, 0.3) is 0 Å². The molecule has 1 atom stereocenters. The second-order valence-corrected chi connectivity index (χ2v) is 4.92. The number of hydrogen-bond donors (Lipinski definition) is 2. The standard InChI is InChI=1S/C13H26N2O3/c1-11(15(7-9-16)8-10-18-2)13(17)14-12-5-3-4-6-12/h11-12,16H,3-10H2,1-2H3,(H,14,17). The van der Waals surface area contributed by atoms with E-state index in [2.05, 4.69) is 5.32 Å². The molecule has 1 rings (SSSR count). The van der Waals surface area contributed by atoms with Crippen molar-refractivity contribution < 1.29 is 14.6 Å². The monoisotopic (exact) mass is 258 g/mol. The molecule has 0 spiro atoms. The molecule has 0 saturated heterocycles. The highest BCUT2D eigenvalue weighted by molar-refractivity contribution is 5.81. The van der Waals surface area contributed by atoms with Crippen LogP contribution in [0, 0.1) is 0 Å². The van der Waals surface area contributed by atoms with Gasteiger partial charge in [0.15, 0.2) is 0 Å². The Kier molecular flexibility index (Phi) is 7.23. The smallest absolute Gasteiger partial charge is 0.237 e. The number of methoxy groups -OCH3 is 1. The van der Waals surface area contributed by atoms with Crippen molar-refractivity contribution in [1.82, 2.24) is 10.2 Å². The summed E-state index contributed by atoms with van der Waals surface area (Å²) in [5.41, 5.74) is 0. The molecule has 1 fully saturated rings. The Labute approximate surface area is 109 Å². The van der Waals surface area contributed by atoms with Gasteiger partial charge in [-0.3, -0.25) is 9.69 Å². The third-order valence-corrected chi connectivity index (χ3v) is 3.60. The molecule has 5 heteroatoms. The van der Waals surface area contributed by atoms with Gasteiger partial charge in [0.05, 0.1) is 19.3 Å². The molecule has 0 aromatic carbocycles. The van der Waals surface area contributed by atoms with Crippen molar-refractivity contribution in [3.05, 3.63) is 0 Å². The van der Waals surface area contributed by atoms with Gasteiger partial charge in [-0.05, 0) is 19.8 Å². The van der Waals surface area contributed by atoms with Crippen molar-refractivity contribution in [3.8, 4) is 0 Å². The first-order valence-electron chi connectivity index (χ1n) is 6.83. The van der Waals surface area contributed by atoms with Crippen LogP contribution >= 0.6 is 0 Å². The third kappa shape index (κ3) is 4.92. The highest BCUT2D eigenvalue weighted by atomic mass is 16.5. The summed E-state index contributed by atoms with van der Waals surface area (Å²) in [7, 11) is 1.64. The van der Waals surface area contributed by atoms with Crippen LogP contribution in [0.1, 0.15) is 32.6 Å². The van der Waals surface area contributed by atoms with Gasteiger partial charge in [0.1, 0.15) is 0 Å². The Hall–Kier alpha value is -0.650. The Bertz CT molecular complexity index is 242. The van der Waals surface area contributed by atoms with Crippen LogP contribution < -0.4 is 5.32 Å². The van der Waals surface area contributed by atoms with Crippen molar-refractivity contribution in [2.45, 2.75) is 44.7 Å². The van der Waals surface area contributed by atoms with E-state index < -0.39 is 0 Å².